The van der Waals surface area contributed by atoms with Gasteiger partial charge in [0.15, 0.2) is 0 Å². The second-order valence-electron chi connectivity index (χ2n) is 14.2. The van der Waals surface area contributed by atoms with E-state index in [1.54, 1.807) is 63.2 Å². The zero-order valence-corrected chi connectivity index (χ0v) is 28.9. The molecule has 2 saturated carbocycles. The predicted octanol–water partition coefficient (Wildman–Crippen LogP) is 4.42. The fourth-order valence-electron chi connectivity index (χ4n) is 6.02. The van der Waals surface area contributed by atoms with E-state index >= 15 is 0 Å². The summed E-state index contributed by atoms with van der Waals surface area (Å²) in [5.41, 5.74) is -0.805. The molecule has 4 N–H and O–H groups in total. The first-order chi connectivity index (χ1) is 23.2. The molecule has 264 valence electrons. The Hall–Kier alpha value is -4.26. The van der Waals surface area contributed by atoms with Crippen LogP contribution in [0.15, 0.2) is 60.7 Å². The highest BCUT2D eigenvalue weighted by molar-refractivity contribution is 7.91. The number of allylic oxidation sites excluding steroid dienone is 1. The first-order valence-corrected chi connectivity index (χ1v) is 18.4. The number of carbonyl (C=O) groups excluding carboxylic acids is 4. The van der Waals surface area contributed by atoms with Gasteiger partial charge in [0.25, 0.3) is 5.91 Å². The van der Waals surface area contributed by atoms with Crippen molar-refractivity contribution < 1.29 is 36.7 Å². The van der Waals surface area contributed by atoms with Gasteiger partial charge in [0, 0.05) is 17.9 Å². The van der Waals surface area contributed by atoms with E-state index in [0.29, 0.717) is 48.8 Å². The number of hydrogen-bond acceptors (Lipinski definition) is 7. The van der Waals surface area contributed by atoms with Crippen LogP contribution in [0.3, 0.4) is 0 Å². The van der Waals surface area contributed by atoms with Gasteiger partial charge in [0.1, 0.15) is 29.0 Å². The Kier molecular flexibility index (Phi) is 10.8. The third-order valence-corrected chi connectivity index (χ3v) is 10.7. The van der Waals surface area contributed by atoms with Crippen molar-refractivity contribution in [2.75, 3.05) is 0 Å². The fraction of sp³-hybridized carbons (Fsp3) is 0.500. The van der Waals surface area contributed by atoms with Crippen LogP contribution in [-0.4, -0.2) is 60.7 Å². The molecule has 0 bridgehead atoms. The van der Waals surface area contributed by atoms with Crippen LogP contribution in [0.2, 0.25) is 0 Å². The monoisotopic (exact) mass is 696 g/mol. The highest BCUT2D eigenvalue weighted by atomic mass is 32.2. The van der Waals surface area contributed by atoms with Crippen LogP contribution < -0.4 is 20.7 Å². The summed E-state index contributed by atoms with van der Waals surface area (Å²) in [7, 11) is -3.90. The summed E-state index contributed by atoms with van der Waals surface area (Å²) in [4.78, 5) is 54.3. The number of halogens is 1. The minimum absolute atomic E-state index is 0.0440. The molecule has 3 aliphatic rings. The van der Waals surface area contributed by atoms with Crippen LogP contribution >= 0.6 is 0 Å². The number of rotatable bonds is 7. The standard InChI is InChI=1S/C36H45FN4O7S/c1-35(2,3)48-34(45)39-29-17-8-6-4-5-7-14-25-22-36(25,33(44)41-49(46,47)26-18-19-26)40-32(43)30(38-31(29)42)21-23-12-11-13-24(20-23)27-15-9-10-16-28(27)37/h7,9-16,20,25-26,29-30H,4-6,8,17-19,21-22H2,1-3H3,(H,38,42)(H,39,45)(H,40,43)(H,41,44)/b14-7-/t25-,29+,30+,36-/m1/s1. The van der Waals surface area contributed by atoms with E-state index in [9.17, 15) is 32.0 Å². The number of hydrogen-bond donors (Lipinski definition) is 4. The molecule has 2 fully saturated rings. The minimum atomic E-state index is -3.90. The molecule has 13 heteroatoms. The Bertz CT molecular complexity index is 1720. The molecule has 2 aromatic rings. The Morgan fingerprint density at radius 1 is 1.00 bits per heavy atom. The van der Waals surface area contributed by atoms with E-state index in [1.165, 1.54) is 6.07 Å². The highest BCUT2D eigenvalue weighted by Gasteiger charge is 2.61. The molecular weight excluding hydrogens is 651 g/mol. The van der Waals surface area contributed by atoms with Gasteiger partial charge in [-0.25, -0.2) is 17.6 Å². The maximum atomic E-state index is 14.7. The second-order valence-corrected chi connectivity index (χ2v) is 16.1. The van der Waals surface area contributed by atoms with Crippen molar-refractivity contribution in [1.82, 2.24) is 20.7 Å². The minimum Gasteiger partial charge on any atom is -0.444 e. The van der Waals surface area contributed by atoms with Crippen molar-refractivity contribution in [2.24, 2.45) is 5.92 Å². The summed E-state index contributed by atoms with van der Waals surface area (Å²) < 4.78 is 47.7. The van der Waals surface area contributed by atoms with E-state index in [2.05, 4.69) is 20.7 Å². The summed E-state index contributed by atoms with van der Waals surface area (Å²) in [5.74, 6) is -3.00. The van der Waals surface area contributed by atoms with Crippen molar-refractivity contribution in [3.8, 4) is 11.1 Å². The van der Waals surface area contributed by atoms with Crippen LogP contribution in [0.1, 0.15) is 77.7 Å². The van der Waals surface area contributed by atoms with Crippen molar-refractivity contribution in [1.29, 1.82) is 0 Å². The molecule has 2 aromatic carbocycles. The number of carbonyl (C=O) groups is 4. The molecular formula is C36H45FN4O7S. The SMILES string of the molecule is CC(C)(C)OC(=O)N[C@H]1CCCCC/C=C\[C@@H]2C[C@@]2(C(=O)NS(=O)(=O)C2CC2)NC(=O)[C@H](Cc2cccc(-c3ccccc3F)c2)NC1=O. The van der Waals surface area contributed by atoms with Gasteiger partial charge in [0.05, 0.1) is 5.25 Å². The van der Waals surface area contributed by atoms with Gasteiger partial charge in [-0.2, -0.15) is 0 Å². The first-order valence-electron chi connectivity index (χ1n) is 16.9. The molecule has 0 saturated heterocycles. The average molecular weight is 697 g/mol. The number of nitrogens with one attached hydrogen (secondary N) is 4. The lowest BCUT2D eigenvalue weighted by atomic mass is 9.98. The Labute approximate surface area is 286 Å². The molecule has 1 aliphatic heterocycles. The molecule has 4 atom stereocenters. The van der Waals surface area contributed by atoms with E-state index in [-0.39, 0.29) is 12.8 Å². The number of ether oxygens (including phenoxy) is 1. The summed E-state index contributed by atoms with van der Waals surface area (Å²) in [6, 6.07) is 10.9. The van der Waals surface area contributed by atoms with Gasteiger partial charge in [-0.3, -0.25) is 19.1 Å². The molecule has 0 spiro atoms. The number of sulfonamides is 1. The number of alkyl carbamates (subject to hydrolysis) is 1. The van der Waals surface area contributed by atoms with Gasteiger partial charge in [0.2, 0.25) is 21.8 Å². The quantitative estimate of drug-likeness (QED) is 0.312. The second kappa shape index (κ2) is 14.7. The third-order valence-electron chi connectivity index (χ3n) is 8.89. The lowest BCUT2D eigenvalue weighted by Crippen LogP contribution is -2.59. The van der Waals surface area contributed by atoms with Crippen molar-refractivity contribution in [3.05, 3.63) is 72.1 Å². The smallest absolute Gasteiger partial charge is 0.408 e. The zero-order valence-electron chi connectivity index (χ0n) is 28.1. The van der Waals surface area contributed by atoms with Crippen LogP contribution in [0.4, 0.5) is 9.18 Å². The van der Waals surface area contributed by atoms with E-state index < -0.39 is 74.0 Å². The number of fused-ring (bicyclic) bond motifs is 1. The molecule has 1 heterocycles. The van der Waals surface area contributed by atoms with Crippen molar-refractivity contribution in [3.63, 3.8) is 0 Å². The molecule has 49 heavy (non-hydrogen) atoms. The zero-order chi connectivity index (χ0) is 35.4. The molecule has 11 nitrogen and oxygen atoms in total. The van der Waals surface area contributed by atoms with Crippen LogP contribution in [-0.2, 0) is 35.6 Å². The lowest BCUT2D eigenvalue weighted by molar-refractivity contribution is -0.133. The maximum absolute atomic E-state index is 14.7. The molecule has 0 unspecified atom stereocenters. The summed E-state index contributed by atoms with van der Waals surface area (Å²) in [5, 5.41) is 7.59. The Balaban J connectivity index is 1.45. The fourth-order valence-corrected chi connectivity index (χ4v) is 7.38. The average Bonchev–Trinajstić information content (AvgIpc) is 3.95. The number of benzene rings is 2. The van der Waals surface area contributed by atoms with Crippen LogP contribution in [0.5, 0.6) is 0 Å². The van der Waals surface area contributed by atoms with Gasteiger partial charge >= 0.3 is 6.09 Å². The molecule has 0 radical (unpaired) electrons. The van der Waals surface area contributed by atoms with Crippen LogP contribution in [0, 0.1) is 11.7 Å². The van der Waals surface area contributed by atoms with Gasteiger partial charge in [-0.05, 0) is 76.5 Å². The van der Waals surface area contributed by atoms with Gasteiger partial charge in [-0.15, -0.1) is 0 Å². The summed E-state index contributed by atoms with van der Waals surface area (Å²) in [6.07, 6.45) is 7.17. The van der Waals surface area contributed by atoms with E-state index in [4.69, 9.17) is 4.74 Å². The van der Waals surface area contributed by atoms with Crippen molar-refractivity contribution >= 4 is 33.8 Å². The molecule has 5 rings (SSSR count). The third kappa shape index (κ3) is 9.46. The maximum Gasteiger partial charge on any atom is 0.408 e. The lowest BCUT2D eigenvalue weighted by Gasteiger charge is -2.27. The van der Waals surface area contributed by atoms with Gasteiger partial charge in [-0.1, -0.05) is 67.5 Å². The normalized spacial score (nSPS) is 25.7. The largest absolute Gasteiger partial charge is 0.444 e. The topological polar surface area (TPSA) is 160 Å². The summed E-state index contributed by atoms with van der Waals surface area (Å²) >= 11 is 0. The van der Waals surface area contributed by atoms with Gasteiger partial charge < -0.3 is 20.7 Å². The van der Waals surface area contributed by atoms with Crippen molar-refractivity contribution in [2.45, 2.75) is 107 Å². The Morgan fingerprint density at radius 2 is 1.76 bits per heavy atom. The highest BCUT2D eigenvalue weighted by Crippen LogP contribution is 2.45. The first kappa shape index (κ1) is 36.0. The molecule has 0 aromatic heterocycles. The van der Waals surface area contributed by atoms with Crippen LogP contribution in [0.25, 0.3) is 11.1 Å². The van der Waals surface area contributed by atoms with E-state index in [1.807, 2.05) is 12.2 Å². The Morgan fingerprint density at radius 3 is 2.47 bits per heavy atom. The summed E-state index contributed by atoms with van der Waals surface area (Å²) in [6.45, 7) is 5.12. The molecule has 2 aliphatic carbocycles. The predicted molar refractivity (Wildman–Crippen MR) is 182 cm³/mol. The molecule has 4 amide bonds. The van der Waals surface area contributed by atoms with E-state index in [0.717, 1.165) is 12.8 Å². The number of amides is 4.